The summed E-state index contributed by atoms with van der Waals surface area (Å²) in [6.45, 7) is 2.08. The number of hydrogen-bond donors (Lipinski definition) is 1. The smallest absolute Gasteiger partial charge is 0.224 e. The third kappa shape index (κ3) is 5.60. The fourth-order valence-corrected chi connectivity index (χ4v) is 4.88. The Morgan fingerprint density at radius 1 is 0.912 bits per heavy atom. The lowest BCUT2D eigenvalue weighted by atomic mass is 9.92. The van der Waals surface area contributed by atoms with Crippen molar-refractivity contribution in [2.24, 2.45) is 0 Å². The Morgan fingerprint density at radius 3 is 2.24 bits per heavy atom. The molecule has 0 fully saturated rings. The van der Waals surface area contributed by atoms with E-state index in [-0.39, 0.29) is 18.4 Å². The molecule has 0 aliphatic rings. The van der Waals surface area contributed by atoms with E-state index in [4.69, 9.17) is 4.98 Å². The van der Waals surface area contributed by atoms with Crippen molar-refractivity contribution in [2.45, 2.75) is 32.2 Å². The van der Waals surface area contributed by atoms with Gasteiger partial charge in [0.25, 0.3) is 0 Å². The van der Waals surface area contributed by atoms with Gasteiger partial charge in [-0.2, -0.15) is 0 Å². The van der Waals surface area contributed by atoms with Gasteiger partial charge >= 0.3 is 0 Å². The van der Waals surface area contributed by atoms with Crippen molar-refractivity contribution in [3.05, 3.63) is 102 Å². The van der Waals surface area contributed by atoms with Gasteiger partial charge < -0.3 is 5.32 Å². The van der Waals surface area contributed by atoms with Crippen molar-refractivity contribution in [3.8, 4) is 11.3 Å². The third-order valence-corrected chi connectivity index (χ3v) is 6.86. The molecular weight excluding hydrogens is 440 g/mol. The number of rotatable bonds is 9. The molecule has 3 aromatic carbocycles. The quantitative estimate of drug-likeness (QED) is 0.345. The molecule has 0 aliphatic carbocycles. The minimum absolute atomic E-state index is 0.0232. The molecule has 0 saturated heterocycles. The summed E-state index contributed by atoms with van der Waals surface area (Å²) in [4.78, 5) is 18.3. The van der Waals surface area contributed by atoms with Gasteiger partial charge in [0.15, 0.2) is 0 Å². The van der Waals surface area contributed by atoms with Gasteiger partial charge in [0.1, 0.15) is 0 Å². The minimum Gasteiger partial charge on any atom is -0.349 e. The second-order valence-electron chi connectivity index (χ2n) is 8.44. The van der Waals surface area contributed by atoms with Crippen molar-refractivity contribution < 1.29 is 9.00 Å². The highest BCUT2D eigenvalue weighted by Gasteiger charge is 2.20. The number of nitrogens with one attached hydrogen (secondary N) is 1. The molecule has 5 heteroatoms. The van der Waals surface area contributed by atoms with Crippen LogP contribution in [0.5, 0.6) is 0 Å². The van der Waals surface area contributed by atoms with Crippen molar-refractivity contribution >= 4 is 27.6 Å². The summed E-state index contributed by atoms with van der Waals surface area (Å²) in [7, 11) is -0.949. The fraction of sp³-hybridized carbons (Fsp3) is 0.241. The number of hydrogen-bond acceptors (Lipinski definition) is 3. The van der Waals surface area contributed by atoms with E-state index < -0.39 is 10.8 Å². The number of para-hydroxylation sites is 1. The first-order valence-corrected chi connectivity index (χ1v) is 13.4. The Morgan fingerprint density at radius 2 is 1.56 bits per heavy atom. The van der Waals surface area contributed by atoms with Gasteiger partial charge in [0.05, 0.1) is 23.7 Å². The van der Waals surface area contributed by atoms with Gasteiger partial charge in [0, 0.05) is 33.8 Å². The fourth-order valence-electron chi connectivity index (χ4n) is 4.38. The first-order valence-electron chi connectivity index (χ1n) is 11.7. The van der Waals surface area contributed by atoms with E-state index in [1.165, 1.54) is 0 Å². The highest BCUT2D eigenvalue weighted by Crippen LogP contribution is 2.31. The number of benzene rings is 3. The van der Waals surface area contributed by atoms with E-state index in [2.05, 4.69) is 12.2 Å². The van der Waals surface area contributed by atoms with Crippen LogP contribution in [-0.2, 0) is 28.4 Å². The van der Waals surface area contributed by atoms with Gasteiger partial charge in [-0.25, -0.2) is 4.98 Å². The van der Waals surface area contributed by atoms with Crippen LogP contribution in [0.2, 0.25) is 0 Å². The van der Waals surface area contributed by atoms with Crippen LogP contribution in [0.1, 0.15) is 36.1 Å². The van der Waals surface area contributed by atoms with E-state index in [1.54, 1.807) is 6.26 Å². The van der Waals surface area contributed by atoms with E-state index >= 15 is 0 Å². The Bertz CT molecular complexity index is 1290. The Labute approximate surface area is 203 Å². The standard InChI is InChI=1S/C29H30N2O2S/c1-3-26(21-12-6-4-7-13-21)30-28(32)20-25-23-16-10-11-17-27(23)31-29(22-14-8-5-9-15-22)24(25)18-19-34(2)33/h4-17,26H,3,18-20H2,1-2H3,(H,30,32). The van der Waals surface area contributed by atoms with Gasteiger partial charge in [-0.1, -0.05) is 85.8 Å². The van der Waals surface area contributed by atoms with E-state index in [9.17, 15) is 9.00 Å². The normalized spacial score (nSPS) is 12.9. The predicted molar refractivity (Wildman–Crippen MR) is 141 cm³/mol. The monoisotopic (exact) mass is 470 g/mol. The van der Waals surface area contributed by atoms with Crippen molar-refractivity contribution in [1.29, 1.82) is 0 Å². The molecular formula is C29H30N2O2S. The number of carbonyl (C=O) groups excluding carboxylic acids is 1. The molecule has 1 N–H and O–H groups in total. The maximum absolute atomic E-state index is 13.3. The van der Waals surface area contributed by atoms with Gasteiger partial charge in [-0.15, -0.1) is 0 Å². The van der Waals surface area contributed by atoms with Crippen LogP contribution in [0.25, 0.3) is 22.2 Å². The molecule has 0 spiro atoms. The van der Waals surface area contributed by atoms with E-state index in [0.29, 0.717) is 12.2 Å². The lowest BCUT2D eigenvalue weighted by molar-refractivity contribution is -0.121. The van der Waals surface area contributed by atoms with Crippen molar-refractivity contribution in [2.75, 3.05) is 12.0 Å². The summed E-state index contributed by atoms with van der Waals surface area (Å²) >= 11 is 0. The average molecular weight is 471 g/mol. The number of aromatic nitrogens is 1. The Kier molecular flexibility index (Phi) is 7.86. The molecule has 1 aromatic heterocycles. The zero-order valence-corrected chi connectivity index (χ0v) is 20.5. The number of nitrogens with zero attached hydrogens (tertiary/aromatic N) is 1. The molecule has 34 heavy (non-hydrogen) atoms. The van der Waals surface area contributed by atoms with Crippen molar-refractivity contribution in [1.82, 2.24) is 10.3 Å². The van der Waals surface area contributed by atoms with Crippen LogP contribution in [-0.4, -0.2) is 27.1 Å². The Balaban J connectivity index is 1.77. The molecule has 0 saturated carbocycles. The maximum Gasteiger partial charge on any atom is 0.224 e. The zero-order valence-electron chi connectivity index (χ0n) is 19.7. The highest BCUT2D eigenvalue weighted by molar-refractivity contribution is 7.84. The molecule has 4 nitrogen and oxygen atoms in total. The lowest BCUT2D eigenvalue weighted by Crippen LogP contribution is -2.30. The third-order valence-electron chi connectivity index (χ3n) is 6.08. The largest absolute Gasteiger partial charge is 0.349 e. The van der Waals surface area contributed by atoms with Crippen LogP contribution in [0, 0.1) is 0 Å². The summed E-state index contributed by atoms with van der Waals surface area (Å²) in [6.07, 6.45) is 3.38. The molecule has 4 rings (SSSR count). The summed E-state index contributed by atoms with van der Waals surface area (Å²) in [5.74, 6) is 0.501. The lowest BCUT2D eigenvalue weighted by Gasteiger charge is -2.20. The Hall–Kier alpha value is -3.31. The average Bonchev–Trinajstić information content (AvgIpc) is 2.87. The molecule has 1 heterocycles. The summed E-state index contributed by atoms with van der Waals surface area (Å²) < 4.78 is 12.0. The van der Waals surface area contributed by atoms with Crippen molar-refractivity contribution in [3.63, 3.8) is 0 Å². The van der Waals surface area contributed by atoms with E-state index in [1.807, 2.05) is 84.9 Å². The molecule has 0 radical (unpaired) electrons. The van der Waals surface area contributed by atoms with Crippen LogP contribution in [0.15, 0.2) is 84.9 Å². The van der Waals surface area contributed by atoms with Gasteiger partial charge in [0.2, 0.25) is 5.91 Å². The minimum atomic E-state index is -0.949. The predicted octanol–water partition coefficient (Wildman–Crippen LogP) is 5.63. The molecule has 0 bridgehead atoms. The topological polar surface area (TPSA) is 59.1 Å². The summed E-state index contributed by atoms with van der Waals surface area (Å²) in [5, 5.41) is 4.20. The van der Waals surface area contributed by atoms with Gasteiger partial charge in [-0.05, 0) is 35.6 Å². The van der Waals surface area contributed by atoms with Gasteiger partial charge in [-0.3, -0.25) is 9.00 Å². The second-order valence-corrected chi connectivity index (χ2v) is 10.00. The number of fused-ring (bicyclic) bond motifs is 1. The van der Waals surface area contributed by atoms with Crippen LogP contribution < -0.4 is 5.32 Å². The second kappa shape index (κ2) is 11.2. The number of carbonyl (C=O) groups is 1. The molecule has 174 valence electrons. The molecule has 2 atom stereocenters. The van der Waals surface area contributed by atoms with E-state index in [0.717, 1.165) is 45.3 Å². The summed E-state index contributed by atoms with van der Waals surface area (Å²) in [6, 6.07) is 28.0. The zero-order chi connectivity index (χ0) is 23.9. The van der Waals surface area contributed by atoms with Crippen LogP contribution in [0.3, 0.4) is 0 Å². The van der Waals surface area contributed by atoms with Crippen LogP contribution >= 0.6 is 0 Å². The first kappa shape index (κ1) is 23.8. The molecule has 4 aromatic rings. The SMILES string of the molecule is CCC(NC(=O)Cc1c(CCS(C)=O)c(-c2ccccc2)nc2ccccc12)c1ccccc1. The number of pyridine rings is 1. The maximum atomic E-state index is 13.3. The number of amides is 1. The molecule has 1 amide bonds. The molecule has 0 aliphatic heterocycles. The van der Waals surface area contributed by atoms with Crippen LogP contribution in [0.4, 0.5) is 0 Å². The molecule has 2 unspecified atom stereocenters. The highest BCUT2D eigenvalue weighted by atomic mass is 32.2. The first-order chi connectivity index (χ1) is 16.6. The summed E-state index contributed by atoms with van der Waals surface area (Å²) in [5.41, 5.74) is 5.80.